The number of anilines is 1. The van der Waals surface area contributed by atoms with Crippen molar-refractivity contribution in [1.29, 1.82) is 0 Å². The van der Waals surface area contributed by atoms with Gasteiger partial charge in [-0.05, 0) is 66.1 Å². The summed E-state index contributed by atoms with van der Waals surface area (Å²) < 4.78 is 6.69. The van der Waals surface area contributed by atoms with Crippen LogP contribution in [-0.4, -0.2) is 24.5 Å². The Balaban J connectivity index is 1.41. The maximum absolute atomic E-state index is 11.1. The second-order valence-corrected chi connectivity index (χ2v) is 9.67. The van der Waals surface area contributed by atoms with Gasteiger partial charge in [-0.1, -0.05) is 48.5 Å². The smallest absolute Gasteiger partial charge is 0.123 e. The lowest BCUT2D eigenvalue weighted by Gasteiger charge is -2.44. The second-order valence-electron chi connectivity index (χ2n) is 9.67. The highest BCUT2D eigenvalue weighted by Crippen LogP contribution is 2.57. The summed E-state index contributed by atoms with van der Waals surface area (Å²) in [5.41, 5.74) is 6.52. The Kier molecular flexibility index (Phi) is 4.99. The average molecular weight is 440 g/mol. The van der Waals surface area contributed by atoms with Crippen molar-refractivity contribution in [1.82, 2.24) is 0 Å². The van der Waals surface area contributed by atoms with E-state index in [-0.39, 0.29) is 11.8 Å². The number of nitrogens with zero attached hydrogens (tertiary/aromatic N) is 1. The molecule has 2 aliphatic heterocycles. The molecule has 6 rings (SSSR count). The number of benzene rings is 3. The van der Waals surface area contributed by atoms with Crippen molar-refractivity contribution in [3.63, 3.8) is 0 Å². The predicted octanol–water partition coefficient (Wildman–Crippen LogP) is 5.31. The van der Waals surface area contributed by atoms with Crippen molar-refractivity contribution >= 4 is 12.0 Å². The summed E-state index contributed by atoms with van der Waals surface area (Å²) in [7, 11) is 0. The van der Waals surface area contributed by atoms with Crippen LogP contribution < -0.4 is 4.90 Å². The molecule has 4 nitrogen and oxygen atoms in total. The quantitative estimate of drug-likeness (QED) is 0.562. The molecule has 0 unspecified atom stereocenters. The van der Waals surface area contributed by atoms with E-state index in [0.29, 0.717) is 12.4 Å². The highest BCUT2D eigenvalue weighted by atomic mass is 16.5. The third-order valence-corrected chi connectivity index (χ3v) is 7.96. The molecule has 1 spiro atoms. The number of phenolic OH excluding ortho intramolecular Hbond substituents is 1. The molecule has 1 saturated heterocycles. The Morgan fingerprint density at radius 2 is 1.70 bits per heavy atom. The van der Waals surface area contributed by atoms with Crippen LogP contribution in [0.2, 0.25) is 0 Å². The van der Waals surface area contributed by atoms with Gasteiger partial charge in [0, 0.05) is 36.2 Å². The monoisotopic (exact) mass is 439 g/mol. The van der Waals surface area contributed by atoms with E-state index < -0.39 is 5.60 Å². The zero-order valence-electron chi connectivity index (χ0n) is 18.7. The van der Waals surface area contributed by atoms with Crippen LogP contribution in [0, 0.1) is 5.92 Å². The normalized spacial score (nSPS) is 24.5. The Morgan fingerprint density at radius 3 is 2.48 bits per heavy atom. The molecule has 3 aromatic rings. The van der Waals surface area contributed by atoms with Crippen LogP contribution >= 0.6 is 0 Å². The lowest BCUT2D eigenvalue weighted by Crippen LogP contribution is -2.39. The topological polar surface area (TPSA) is 49.8 Å². The molecule has 2 atom stereocenters. The molecule has 0 amide bonds. The maximum Gasteiger partial charge on any atom is 0.123 e. The van der Waals surface area contributed by atoms with Crippen molar-refractivity contribution in [2.75, 3.05) is 18.0 Å². The van der Waals surface area contributed by atoms with Crippen LogP contribution in [0.25, 0.3) is 0 Å². The molecule has 2 heterocycles. The molecule has 4 heteroatoms. The zero-order valence-corrected chi connectivity index (χ0v) is 18.7. The van der Waals surface area contributed by atoms with Gasteiger partial charge in [-0.2, -0.15) is 0 Å². The van der Waals surface area contributed by atoms with E-state index in [2.05, 4.69) is 59.5 Å². The molecular weight excluding hydrogens is 410 g/mol. The summed E-state index contributed by atoms with van der Waals surface area (Å²) >= 11 is 0. The third kappa shape index (κ3) is 3.27. The number of hydrogen-bond donors (Lipinski definition) is 1. The number of carbonyl (C=O) groups is 1. The van der Waals surface area contributed by atoms with Crippen molar-refractivity contribution in [3.8, 4) is 5.75 Å². The molecule has 1 fully saturated rings. The Hall–Kier alpha value is -3.11. The van der Waals surface area contributed by atoms with Crippen LogP contribution in [0.1, 0.15) is 53.0 Å². The molecule has 1 N–H and O–H groups in total. The number of piperidine rings is 1. The van der Waals surface area contributed by atoms with Crippen LogP contribution in [0.5, 0.6) is 5.75 Å². The molecule has 1 aliphatic carbocycles. The predicted molar refractivity (Wildman–Crippen MR) is 129 cm³/mol. The van der Waals surface area contributed by atoms with Gasteiger partial charge in [-0.25, -0.2) is 0 Å². The molecule has 0 aromatic heterocycles. The number of carbonyl (C=O) groups excluding carboxylic acids is 1. The molecule has 3 aliphatic rings. The number of ether oxygens (including phenoxy) is 1. The van der Waals surface area contributed by atoms with Gasteiger partial charge in [-0.15, -0.1) is 0 Å². The van der Waals surface area contributed by atoms with Crippen LogP contribution in [-0.2, 0) is 28.2 Å². The fraction of sp³-hybridized carbons (Fsp3) is 0.345. The standard InChI is InChI=1S/C29H29NO3/c31-18-20-13-16-30(17-14-20)24-10-8-22(9-11-24)27-25-6-2-1-4-23(25)19-33-29(27)15-12-21-5-3-7-26(32)28(21)29/h1-11,18,20,27,32H,12-17,19H2/t27-,29+/m0/s1. The largest absolute Gasteiger partial charge is 0.508 e. The van der Waals surface area contributed by atoms with Crippen molar-refractivity contribution in [3.05, 3.63) is 94.5 Å². The van der Waals surface area contributed by atoms with Crippen LogP contribution in [0.4, 0.5) is 5.69 Å². The minimum Gasteiger partial charge on any atom is -0.508 e. The molecule has 0 radical (unpaired) electrons. The number of aryl methyl sites for hydroxylation is 1. The summed E-state index contributed by atoms with van der Waals surface area (Å²) in [4.78, 5) is 13.5. The highest BCUT2D eigenvalue weighted by Gasteiger charge is 2.51. The summed E-state index contributed by atoms with van der Waals surface area (Å²) in [6.07, 6.45) is 4.73. The van der Waals surface area contributed by atoms with Gasteiger partial charge in [-0.3, -0.25) is 0 Å². The maximum atomic E-state index is 11.1. The number of rotatable bonds is 3. The summed E-state index contributed by atoms with van der Waals surface area (Å²) in [6, 6.07) is 23.3. The van der Waals surface area contributed by atoms with E-state index in [4.69, 9.17) is 4.74 Å². The SMILES string of the molecule is O=CC1CCN(c2ccc([C@H]3c4ccccc4CO[C@]34CCc3cccc(O)c34)cc2)CC1. The number of aromatic hydroxyl groups is 1. The van der Waals surface area contributed by atoms with Gasteiger partial charge in [0.05, 0.1) is 6.61 Å². The average Bonchev–Trinajstić information content (AvgIpc) is 3.24. The zero-order chi connectivity index (χ0) is 22.4. The molecule has 33 heavy (non-hydrogen) atoms. The third-order valence-electron chi connectivity index (χ3n) is 7.96. The van der Waals surface area contributed by atoms with Crippen molar-refractivity contribution < 1.29 is 14.6 Å². The number of hydrogen-bond acceptors (Lipinski definition) is 4. The van der Waals surface area contributed by atoms with E-state index in [1.807, 2.05) is 6.07 Å². The van der Waals surface area contributed by atoms with Crippen molar-refractivity contribution in [2.24, 2.45) is 5.92 Å². The highest BCUT2D eigenvalue weighted by molar-refractivity contribution is 5.58. The molecule has 0 bridgehead atoms. The summed E-state index contributed by atoms with van der Waals surface area (Å²) in [5, 5.41) is 10.9. The Labute approximate surface area is 194 Å². The summed E-state index contributed by atoms with van der Waals surface area (Å²) in [5.74, 6) is 0.558. The minimum atomic E-state index is -0.557. The Bertz CT molecular complexity index is 1180. The first-order valence-electron chi connectivity index (χ1n) is 12.0. The minimum absolute atomic E-state index is 0.0202. The van der Waals surface area contributed by atoms with E-state index in [1.54, 1.807) is 6.07 Å². The lowest BCUT2D eigenvalue weighted by atomic mass is 9.71. The van der Waals surface area contributed by atoms with E-state index >= 15 is 0 Å². The second kappa shape index (κ2) is 8.03. The molecule has 0 saturated carbocycles. The molecule has 168 valence electrons. The summed E-state index contributed by atoms with van der Waals surface area (Å²) in [6.45, 7) is 2.40. The number of phenols is 1. The van der Waals surface area contributed by atoms with Crippen LogP contribution in [0.15, 0.2) is 66.7 Å². The first kappa shape index (κ1) is 20.5. The van der Waals surface area contributed by atoms with Crippen molar-refractivity contribution in [2.45, 2.75) is 43.8 Å². The number of aldehydes is 1. The van der Waals surface area contributed by atoms with E-state index in [0.717, 1.165) is 50.6 Å². The van der Waals surface area contributed by atoms with Gasteiger partial charge in [0.15, 0.2) is 0 Å². The van der Waals surface area contributed by atoms with E-state index in [9.17, 15) is 9.90 Å². The fourth-order valence-electron chi connectivity index (χ4n) is 6.27. The van der Waals surface area contributed by atoms with Gasteiger partial charge in [0.25, 0.3) is 0 Å². The lowest BCUT2D eigenvalue weighted by molar-refractivity contribution is -0.111. The number of fused-ring (bicyclic) bond motifs is 3. The van der Waals surface area contributed by atoms with Gasteiger partial charge in [0.2, 0.25) is 0 Å². The van der Waals surface area contributed by atoms with Crippen LogP contribution in [0.3, 0.4) is 0 Å². The van der Waals surface area contributed by atoms with Gasteiger partial charge >= 0.3 is 0 Å². The van der Waals surface area contributed by atoms with Gasteiger partial charge < -0.3 is 19.5 Å². The molecular formula is C29H29NO3. The van der Waals surface area contributed by atoms with Gasteiger partial charge in [0.1, 0.15) is 17.6 Å². The molecule has 3 aromatic carbocycles. The fourth-order valence-corrected chi connectivity index (χ4v) is 6.27. The first-order valence-corrected chi connectivity index (χ1v) is 12.0. The van der Waals surface area contributed by atoms with E-state index in [1.165, 1.54) is 27.9 Å². The Morgan fingerprint density at radius 1 is 0.939 bits per heavy atom. The first-order chi connectivity index (χ1) is 16.2.